The van der Waals surface area contributed by atoms with Crippen LogP contribution in [0.1, 0.15) is 64.7 Å². The fraction of sp³-hybridized carbons (Fsp3) is 0.647. The van der Waals surface area contributed by atoms with Gasteiger partial charge < -0.3 is 0 Å². The summed E-state index contributed by atoms with van der Waals surface area (Å²) in [5.74, 6) is -0.360. The summed E-state index contributed by atoms with van der Waals surface area (Å²) in [6.45, 7) is 2.24. The van der Waals surface area contributed by atoms with Crippen LogP contribution in [0, 0.1) is 0 Å². The molecule has 1 heterocycles. The van der Waals surface area contributed by atoms with Crippen molar-refractivity contribution in [2.75, 3.05) is 7.05 Å². The molecule has 0 unspecified atom stereocenters. The number of likely N-dealkylation sites (N-methyl/N-ethyl adjacent to an activating group) is 1. The van der Waals surface area contributed by atoms with Gasteiger partial charge in [-0.15, -0.1) is 0 Å². The Hall–Kier alpha value is -1.38. The number of imide groups is 1. The van der Waals surface area contributed by atoms with Crippen molar-refractivity contribution in [1.82, 2.24) is 4.90 Å². The van der Waals surface area contributed by atoms with E-state index in [0.717, 1.165) is 6.42 Å². The van der Waals surface area contributed by atoms with Crippen molar-refractivity contribution < 1.29 is 9.59 Å². The molecule has 0 N–H and O–H groups in total. The van der Waals surface area contributed by atoms with Gasteiger partial charge in [0.15, 0.2) is 0 Å². The third-order valence-corrected chi connectivity index (χ3v) is 3.69. The molecule has 0 saturated heterocycles. The molecule has 112 valence electrons. The Balaban J connectivity index is 2.04. The van der Waals surface area contributed by atoms with E-state index in [1.165, 1.54) is 63.0 Å². The Bertz CT molecular complexity index is 382. The smallest absolute Gasteiger partial charge is 0.256 e. The van der Waals surface area contributed by atoms with Gasteiger partial charge in [0, 0.05) is 18.7 Å². The molecular formula is C17H27NO2. The molecule has 0 radical (unpaired) electrons. The van der Waals surface area contributed by atoms with E-state index in [1.807, 2.05) is 6.08 Å². The van der Waals surface area contributed by atoms with E-state index in [2.05, 4.69) is 13.0 Å². The van der Waals surface area contributed by atoms with Crippen LogP contribution in [0.5, 0.6) is 0 Å². The number of allylic oxidation sites excluding steroid dienone is 2. The topological polar surface area (TPSA) is 37.4 Å². The third kappa shape index (κ3) is 5.72. The van der Waals surface area contributed by atoms with Gasteiger partial charge in [-0.1, -0.05) is 57.6 Å². The molecule has 0 spiro atoms. The SMILES string of the molecule is CCCCCCCCC/C=C\CC1=CC(=O)N(C)C1=O. The molecule has 0 aliphatic carbocycles. The highest BCUT2D eigenvalue weighted by molar-refractivity contribution is 6.16. The van der Waals surface area contributed by atoms with Gasteiger partial charge in [0.1, 0.15) is 0 Å². The standard InChI is InChI=1S/C17H27NO2/c1-3-4-5-6-7-8-9-10-11-12-13-15-14-16(19)18(2)17(15)20/h11-12,14H,3-10,13H2,1-2H3/b12-11-. The highest BCUT2D eigenvalue weighted by Gasteiger charge is 2.25. The first-order valence-electron chi connectivity index (χ1n) is 7.84. The van der Waals surface area contributed by atoms with Crippen LogP contribution >= 0.6 is 0 Å². The summed E-state index contributed by atoms with van der Waals surface area (Å²) in [4.78, 5) is 24.1. The van der Waals surface area contributed by atoms with Gasteiger partial charge in [0.2, 0.25) is 0 Å². The first kappa shape index (κ1) is 16.7. The average molecular weight is 277 g/mol. The highest BCUT2D eigenvalue weighted by Crippen LogP contribution is 2.15. The number of hydrogen-bond acceptors (Lipinski definition) is 2. The lowest BCUT2D eigenvalue weighted by atomic mass is 10.1. The van der Waals surface area contributed by atoms with Crippen molar-refractivity contribution in [3.63, 3.8) is 0 Å². The van der Waals surface area contributed by atoms with Crippen molar-refractivity contribution >= 4 is 11.8 Å². The minimum atomic E-state index is -0.203. The zero-order valence-corrected chi connectivity index (χ0v) is 12.9. The summed E-state index contributed by atoms with van der Waals surface area (Å²) in [5, 5.41) is 0. The summed E-state index contributed by atoms with van der Waals surface area (Å²) >= 11 is 0. The Morgan fingerprint density at radius 3 is 2.25 bits per heavy atom. The molecule has 1 rings (SSSR count). The summed E-state index contributed by atoms with van der Waals surface area (Å²) in [6, 6.07) is 0. The van der Waals surface area contributed by atoms with Crippen LogP contribution in [0.2, 0.25) is 0 Å². The van der Waals surface area contributed by atoms with Crippen molar-refractivity contribution in [2.45, 2.75) is 64.7 Å². The summed E-state index contributed by atoms with van der Waals surface area (Å²) < 4.78 is 0. The van der Waals surface area contributed by atoms with Crippen LogP contribution < -0.4 is 0 Å². The van der Waals surface area contributed by atoms with Crippen LogP contribution in [-0.2, 0) is 9.59 Å². The zero-order chi connectivity index (χ0) is 14.8. The molecule has 0 saturated carbocycles. The highest BCUT2D eigenvalue weighted by atomic mass is 16.2. The van der Waals surface area contributed by atoms with Crippen LogP contribution in [0.15, 0.2) is 23.8 Å². The third-order valence-electron chi connectivity index (χ3n) is 3.69. The average Bonchev–Trinajstić information content (AvgIpc) is 2.68. The minimum absolute atomic E-state index is 0.157. The number of unbranched alkanes of at least 4 members (excludes halogenated alkanes) is 7. The van der Waals surface area contributed by atoms with E-state index < -0.39 is 0 Å². The van der Waals surface area contributed by atoms with E-state index in [0.29, 0.717) is 12.0 Å². The molecule has 0 atom stereocenters. The Labute approximate surface area is 122 Å². The quantitative estimate of drug-likeness (QED) is 0.344. The Morgan fingerprint density at radius 2 is 1.65 bits per heavy atom. The normalized spacial score (nSPS) is 15.5. The summed E-state index contributed by atoms with van der Waals surface area (Å²) in [5.41, 5.74) is 0.605. The maximum atomic E-state index is 11.6. The zero-order valence-electron chi connectivity index (χ0n) is 12.9. The van der Waals surface area contributed by atoms with Crippen LogP contribution in [-0.4, -0.2) is 23.8 Å². The number of amides is 2. The predicted octanol–water partition coefficient (Wildman–Crippen LogP) is 4.00. The monoisotopic (exact) mass is 277 g/mol. The maximum absolute atomic E-state index is 11.6. The number of hydrogen-bond donors (Lipinski definition) is 0. The molecule has 0 bridgehead atoms. The minimum Gasteiger partial charge on any atom is -0.278 e. The molecule has 0 aromatic heterocycles. The second-order valence-electron chi connectivity index (χ2n) is 5.46. The van der Waals surface area contributed by atoms with Gasteiger partial charge in [-0.25, -0.2) is 0 Å². The molecule has 20 heavy (non-hydrogen) atoms. The lowest BCUT2D eigenvalue weighted by Crippen LogP contribution is -2.25. The first-order chi connectivity index (χ1) is 9.66. The molecule has 0 fully saturated rings. The summed E-state index contributed by atoms with van der Waals surface area (Å²) in [7, 11) is 1.52. The largest absolute Gasteiger partial charge is 0.278 e. The van der Waals surface area contributed by atoms with Crippen molar-refractivity contribution in [3.05, 3.63) is 23.8 Å². The second kappa shape index (κ2) is 9.51. The van der Waals surface area contributed by atoms with Crippen LogP contribution in [0.3, 0.4) is 0 Å². The number of carbonyl (C=O) groups is 2. The number of nitrogens with zero attached hydrogens (tertiary/aromatic N) is 1. The summed E-state index contributed by atoms with van der Waals surface area (Å²) in [6.07, 6.45) is 16.4. The van der Waals surface area contributed by atoms with E-state index in [1.54, 1.807) is 0 Å². The lowest BCUT2D eigenvalue weighted by Gasteiger charge is -2.05. The fourth-order valence-electron chi connectivity index (χ4n) is 2.32. The van der Waals surface area contributed by atoms with Gasteiger partial charge in [-0.2, -0.15) is 0 Å². The first-order valence-corrected chi connectivity index (χ1v) is 7.84. The van der Waals surface area contributed by atoms with Gasteiger partial charge >= 0.3 is 0 Å². The van der Waals surface area contributed by atoms with E-state index in [4.69, 9.17) is 0 Å². The van der Waals surface area contributed by atoms with Crippen LogP contribution in [0.25, 0.3) is 0 Å². The van der Waals surface area contributed by atoms with Crippen molar-refractivity contribution in [3.8, 4) is 0 Å². The van der Waals surface area contributed by atoms with E-state index in [9.17, 15) is 9.59 Å². The Morgan fingerprint density at radius 1 is 1.00 bits per heavy atom. The van der Waals surface area contributed by atoms with Gasteiger partial charge in [-0.05, 0) is 19.3 Å². The van der Waals surface area contributed by atoms with Crippen LogP contribution in [0.4, 0.5) is 0 Å². The molecule has 2 amide bonds. The molecule has 3 heteroatoms. The van der Waals surface area contributed by atoms with Gasteiger partial charge in [-0.3, -0.25) is 14.5 Å². The fourth-order valence-corrected chi connectivity index (χ4v) is 2.32. The predicted molar refractivity (Wildman–Crippen MR) is 82.2 cm³/mol. The maximum Gasteiger partial charge on any atom is 0.256 e. The van der Waals surface area contributed by atoms with Gasteiger partial charge in [0.25, 0.3) is 11.8 Å². The molecule has 1 aliphatic heterocycles. The van der Waals surface area contributed by atoms with Crippen molar-refractivity contribution in [1.29, 1.82) is 0 Å². The Kier molecular flexibility index (Phi) is 7.93. The molecule has 0 aromatic carbocycles. The molecular weight excluding hydrogens is 250 g/mol. The number of rotatable bonds is 10. The van der Waals surface area contributed by atoms with Gasteiger partial charge in [0.05, 0.1) is 0 Å². The number of carbonyl (C=O) groups excluding carboxylic acids is 2. The molecule has 3 nitrogen and oxygen atoms in total. The molecule has 0 aromatic rings. The molecule has 1 aliphatic rings. The van der Waals surface area contributed by atoms with E-state index >= 15 is 0 Å². The second-order valence-corrected chi connectivity index (χ2v) is 5.46. The van der Waals surface area contributed by atoms with E-state index in [-0.39, 0.29) is 11.8 Å². The lowest BCUT2D eigenvalue weighted by molar-refractivity contribution is -0.135. The van der Waals surface area contributed by atoms with Crippen molar-refractivity contribution in [2.24, 2.45) is 0 Å².